The standard InChI is InChI=1S/C14H25N3O5/c1-9-12(18)17-11(14(20)21-2)6-4-3-5-7-22-8-10(15)13(19)16-9/h9-11H,3-8,15H2,1-2H3,(H,16,19)(H,17,18)/t9-,10-,11-/m0/s1. The summed E-state index contributed by atoms with van der Waals surface area (Å²) in [4.78, 5) is 35.6. The largest absolute Gasteiger partial charge is 0.467 e. The zero-order valence-electron chi connectivity index (χ0n) is 13.1. The number of amides is 2. The summed E-state index contributed by atoms with van der Waals surface area (Å²) >= 11 is 0. The maximum atomic E-state index is 12.1. The zero-order valence-corrected chi connectivity index (χ0v) is 13.1. The van der Waals surface area contributed by atoms with Crippen LogP contribution in [0.1, 0.15) is 32.6 Å². The van der Waals surface area contributed by atoms with Gasteiger partial charge in [-0.3, -0.25) is 9.59 Å². The Hall–Kier alpha value is -1.67. The number of carbonyl (C=O) groups excluding carboxylic acids is 3. The van der Waals surface area contributed by atoms with E-state index < -0.39 is 35.9 Å². The van der Waals surface area contributed by atoms with Crippen LogP contribution in [-0.2, 0) is 23.9 Å². The monoisotopic (exact) mass is 315 g/mol. The van der Waals surface area contributed by atoms with Crippen molar-refractivity contribution in [3.8, 4) is 0 Å². The number of carbonyl (C=O) groups is 3. The molecule has 2 amide bonds. The molecular formula is C14H25N3O5. The summed E-state index contributed by atoms with van der Waals surface area (Å²) in [6.45, 7) is 2.15. The van der Waals surface area contributed by atoms with Gasteiger partial charge in [-0.2, -0.15) is 0 Å². The molecule has 0 aromatic heterocycles. The highest BCUT2D eigenvalue weighted by Gasteiger charge is 2.26. The second-order valence-electron chi connectivity index (χ2n) is 5.35. The van der Waals surface area contributed by atoms with Crippen molar-refractivity contribution in [2.45, 2.75) is 50.7 Å². The highest BCUT2D eigenvalue weighted by molar-refractivity contribution is 5.91. The minimum Gasteiger partial charge on any atom is -0.467 e. The molecule has 0 aromatic rings. The van der Waals surface area contributed by atoms with E-state index >= 15 is 0 Å². The molecule has 8 nitrogen and oxygen atoms in total. The van der Waals surface area contributed by atoms with E-state index in [1.165, 1.54) is 14.0 Å². The second kappa shape index (κ2) is 9.37. The van der Waals surface area contributed by atoms with E-state index in [0.29, 0.717) is 13.0 Å². The Morgan fingerprint density at radius 1 is 1.23 bits per heavy atom. The van der Waals surface area contributed by atoms with Crippen molar-refractivity contribution in [1.82, 2.24) is 10.6 Å². The van der Waals surface area contributed by atoms with Crippen LogP contribution in [-0.4, -0.2) is 56.2 Å². The molecule has 1 aliphatic rings. The molecule has 4 N–H and O–H groups in total. The van der Waals surface area contributed by atoms with E-state index in [-0.39, 0.29) is 6.61 Å². The van der Waals surface area contributed by atoms with Crippen LogP contribution in [0.2, 0.25) is 0 Å². The summed E-state index contributed by atoms with van der Waals surface area (Å²) in [6.07, 6.45) is 2.89. The predicted octanol–water partition coefficient (Wildman–Crippen LogP) is -0.933. The summed E-state index contributed by atoms with van der Waals surface area (Å²) in [7, 11) is 1.28. The molecule has 1 heterocycles. The first-order valence-electron chi connectivity index (χ1n) is 7.47. The lowest BCUT2D eigenvalue weighted by Crippen LogP contribution is -2.54. The van der Waals surface area contributed by atoms with Crippen LogP contribution < -0.4 is 16.4 Å². The Balaban J connectivity index is 2.73. The average molecular weight is 315 g/mol. The third-order valence-corrected chi connectivity index (χ3v) is 3.47. The first kappa shape index (κ1) is 18.4. The van der Waals surface area contributed by atoms with Gasteiger partial charge in [-0.15, -0.1) is 0 Å². The van der Waals surface area contributed by atoms with Crippen molar-refractivity contribution >= 4 is 17.8 Å². The van der Waals surface area contributed by atoms with Crippen molar-refractivity contribution < 1.29 is 23.9 Å². The van der Waals surface area contributed by atoms with Gasteiger partial charge in [-0.05, 0) is 19.8 Å². The molecule has 8 heteroatoms. The van der Waals surface area contributed by atoms with Gasteiger partial charge in [0.25, 0.3) is 0 Å². The maximum absolute atomic E-state index is 12.1. The number of nitrogens with two attached hydrogens (primary N) is 1. The highest BCUT2D eigenvalue weighted by Crippen LogP contribution is 2.07. The molecule has 1 rings (SSSR count). The normalized spacial score (nSPS) is 29.0. The highest BCUT2D eigenvalue weighted by atomic mass is 16.5. The van der Waals surface area contributed by atoms with Gasteiger partial charge in [0.05, 0.1) is 13.7 Å². The minimum atomic E-state index is -0.824. The maximum Gasteiger partial charge on any atom is 0.328 e. The van der Waals surface area contributed by atoms with Crippen molar-refractivity contribution in [3.63, 3.8) is 0 Å². The smallest absolute Gasteiger partial charge is 0.328 e. The first-order valence-corrected chi connectivity index (χ1v) is 7.47. The van der Waals surface area contributed by atoms with Crippen LogP contribution in [0.4, 0.5) is 0 Å². The molecule has 0 saturated carbocycles. The van der Waals surface area contributed by atoms with Crippen molar-refractivity contribution in [2.75, 3.05) is 20.3 Å². The van der Waals surface area contributed by atoms with Crippen LogP contribution in [0, 0.1) is 0 Å². The van der Waals surface area contributed by atoms with Gasteiger partial charge in [0.15, 0.2) is 0 Å². The summed E-state index contributed by atoms with van der Waals surface area (Å²) in [5.74, 6) is -1.41. The van der Waals surface area contributed by atoms with Crippen LogP contribution >= 0.6 is 0 Å². The Morgan fingerprint density at radius 3 is 2.64 bits per heavy atom. The zero-order chi connectivity index (χ0) is 16.5. The molecule has 126 valence electrons. The molecule has 1 fully saturated rings. The minimum absolute atomic E-state index is 0.116. The van der Waals surface area contributed by atoms with E-state index in [1.807, 2.05) is 0 Å². The van der Waals surface area contributed by atoms with E-state index in [2.05, 4.69) is 10.6 Å². The van der Waals surface area contributed by atoms with E-state index in [1.54, 1.807) is 0 Å². The van der Waals surface area contributed by atoms with Gasteiger partial charge in [-0.25, -0.2) is 4.79 Å². The SMILES string of the molecule is COC(=O)[C@@H]1CCCCCOC[C@H](N)C(=O)N[C@@H](C)C(=O)N1. The van der Waals surface area contributed by atoms with Gasteiger partial charge < -0.3 is 25.8 Å². The quantitative estimate of drug-likeness (QED) is 0.538. The Bertz CT molecular complexity index is 402. The fourth-order valence-corrected chi connectivity index (χ4v) is 2.09. The van der Waals surface area contributed by atoms with E-state index in [4.69, 9.17) is 15.2 Å². The molecule has 0 aromatic carbocycles. The fraction of sp³-hybridized carbons (Fsp3) is 0.786. The van der Waals surface area contributed by atoms with Gasteiger partial charge >= 0.3 is 5.97 Å². The number of ether oxygens (including phenoxy) is 2. The second-order valence-corrected chi connectivity index (χ2v) is 5.35. The molecule has 3 atom stereocenters. The van der Waals surface area contributed by atoms with Gasteiger partial charge in [0.2, 0.25) is 11.8 Å². The lowest BCUT2D eigenvalue weighted by atomic mass is 10.1. The summed E-state index contributed by atoms with van der Waals surface area (Å²) in [5.41, 5.74) is 5.69. The van der Waals surface area contributed by atoms with Gasteiger partial charge in [0.1, 0.15) is 18.1 Å². The Labute approximate surface area is 130 Å². The van der Waals surface area contributed by atoms with E-state index in [9.17, 15) is 14.4 Å². The number of hydrogen-bond acceptors (Lipinski definition) is 6. The fourth-order valence-electron chi connectivity index (χ4n) is 2.09. The van der Waals surface area contributed by atoms with Crippen LogP contribution in [0.25, 0.3) is 0 Å². The van der Waals surface area contributed by atoms with Crippen LogP contribution in [0.15, 0.2) is 0 Å². The number of methoxy groups -OCH3 is 1. The lowest BCUT2D eigenvalue weighted by Gasteiger charge is -2.21. The lowest BCUT2D eigenvalue weighted by molar-refractivity contribution is -0.145. The molecule has 1 aliphatic heterocycles. The summed E-state index contributed by atoms with van der Waals surface area (Å²) in [6, 6.07) is -2.34. The molecule has 0 spiro atoms. The molecule has 0 unspecified atom stereocenters. The number of hydrogen-bond donors (Lipinski definition) is 3. The summed E-state index contributed by atoms with van der Waals surface area (Å²) in [5, 5.41) is 5.11. The number of rotatable bonds is 1. The van der Waals surface area contributed by atoms with Crippen LogP contribution in [0.5, 0.6) is 0 Å². The van der Waals surface area contributed by atoms with E-state index in [0.717, 1.165) is 19.3 Å². The van der Waals surface area contributed by atoms with Gasteiger partial charge in [0, 0.05) is 6.61 Å². The van der Waals surface area contributed by atoms with Crippen molar-refractivity contribution in [1.29, 1.82) is 0 Å². The number of nitrogens with one attached hydrogen (secondary N) is 2. The molecule has 0 radical (unpaired) electrons. The molecule has 0 aliphatic carbocycles. The molecule has 22 heavy (non-hydrogen) atoms. The topological polar surface area (TPSA) is 120 Å². The predicted molar refractivity (Wildman–Crippen MR) is 78.8 cm³/mol. The first-order chi connectivity index (χ1) is 10.5. The summed E-state index contributed by atoms with van der Waals surface area (Å²) < 4.78 is 10.0. The Kier molecular flexibility index (Phi) is 7.83. The average Bonchev–Trinajstić information content (AvgIpc) is 2.50. The Morgan fingerprint density at radius 2 is 1.95 bits per heavy atom. The third-order valence-electron chi connectivity index (χ3n) is 3.47. The van der Waals surface area contributed by atoms with Crippen molar-refractivity contribution in [2.24, 2.45) is 5.73 Å². The molecular weight excluding hydrogens is 290 g/mol. The van der Waals surface area contributed by atoms with Crippen LogP contribution in [0.3, 0.4) is 0 Å². The van der Waals surface area contributed by atoms with Gasteiger partial charge in [-0.1, -0.05) is 12.8 Å². The third kappa shape index (κ3) is 5.98. The molecule has 1 saturated heterocycles. The molecule has 0 bridgehead atoms. The van der Waals surface area contributed by atoms with Crippen molar-refractivity contribution in [3.05, 3.63) is 0 Å². The number of esters is 1.